The number of nitrogens with one attached hydrogen (secondary N) is 2. The number of hydroxylamine groups is 1. The number of aromatic nitrogens is 1. The molecule has 2 aromatic carbocycles. The lowest BCUT2D eigenvalue weighted by molar-refractivity contribution is -0.124. The van der Waals surface area contributed by atoms with Crippen LogP contribution < -0.4 is 5.48 Å². The van der Waals surface area contributed by atoms with E-state index in [4.69, 9.17) is 5.21 Å². The van der Waals surface area contributed by atoms with Crippen LogP contribution in [-0.2, 0) is 17.8 Å². The van der Waals surface area contributed by atoms with Gasteiger partial charge >= 0.3 is 0 Å². The summed E-state index contributed by atoms with van der Waals surface area (Å²) in [4.78, 5) is 17.2. The number of carbonyl (C=O) groups excluding carboxylic acids is 1. The number of carbonyl (C=O) groups is 1. The van der Waals surface area contributed by atoms with E-state index in [0.29, 0.717) is 6.04 Å². The van der Waals surface area contributed by atoms with E-state index in [1.807, 2.05) is 12.1 Å². The maximum absolute atomic E-state index is 11.2. The second kappa shape index (κ2) is 10.4. The van der Waals surface area contributed by atoms with Crippen molar-refractivity contribution in [3.05, 3.63) is 77.5 Å². The molecule has 1 aromatic heterocycles. The summed E-state index contributed by atoms with van der Waals surface area (Å²) in [5.74, 6) is -0.523. The molecule has 0 unspecified atom stereocenters. The molecule has 5 nitrogen and oxygen atoms in total. The summed E-state index contributed by atoms with van der Waals surface area (Å²) < 4.78 is 0. The monoisotopic (exact) mass is 417 g/mol. The number of hydrogen-bond donors (Lipinski definition) is 3. The van der Waals surface area contributed by atoms with E-state index >= 15 is 0 Å². The zero-order valence-electron chi connectivity index (χ0n) is 17.9. The van der Waals surface area contributed by atoms with Crippen molar-refractivity contribution in [3.8, 4) is 0 Å². The van der Waals surface area contributed by atoms with Crippen LogP contribution in [0.1, 0.15) is 48.8 Å². The van der Waals surface area contributed by atoms with Gasteiger partial charge in [-0.3, -0.25) is 14.9 Å². The Morgan fingerprint density at radius 1 is 1.10 bits per heavy atom. The van der Waals surface area contributed by atoms with Crippen molar-refractivity contribution in [2.45, 2.75) is 51.1 Å². The first kappa shape index (κ1) is 21.3. The van der Waals surface area contributed by atoms with Crippen LogP contribution in [0.5, 0.6) is 0 Å². The molecule has 3 N–H and O–H groups in total. The summed E-state index contributed by atoms with van der Waals surface area (Å²) in [6.07, 6.45) is 12.8. The Kier molecular flexibility index (Phi) is 7.18. The van der Waals surface area contributed by atoms with Crippen LogP contribution in [0.2, 0.25) is 0 Å². The fourth-order valence-corrected chi connectivity index (χ4v) is 4.62. The largest absolute Gasteiger partial charge is 0.361 e. The molecule has 0 saturated heterocycles. The topological polar surface area (TPSA) is 68.4 Å². The van der Waals surface area contributed by atoms with Crippen molar-refractivity contribution < 1.29 is 10.0 Å². The molecule has 1 aliphatic rings. The minimum absolute atomic E-state index is 0.523. The van der Waals surface area contributed by atoms with Gasteiger partial charge in [-0.25, -0.2) is 5.48 Å². The van der Waals surface area contributed by atoms with E-state index in [1.165, 1.54) is 60.2 Å². The number of benzene rings is 2. The van der Waals surface area contributed by atoms with Crippen LogP contribution in [0.25, 0.3) is 17.0 Å². The highest BCUT2D eigenvalue weighted by atomic mass is 16.5. The summed E-state index contributed by atoms with van der Waals surface area (Å²) in [5, 5.41) is 9.93. The van der Waals surface area contributed by atoms with Crippen molar-refractivity contribution in [3.63, 3.8) is 0 Å². The Bertz CT molecular complexity index is 1020. The fourth-order valence-electron chi connectivity index (χ4n) is 4.62. The Hall–Kier alpha value is -2.89. The zero-order valence-corrected chi connectivity index (χ0v) is 17.9. The maximum atomic E-state index is 11.2. The molecular weight excluding hydrogens is 386 g/mol. The first-order chi connectivity index (χ1) is 15.2. The van der Waals surface area contributed by atoms with Gasteiger partial charge in [-0.1, -0.05) is 61.7 Å². The van der Waals surface area contributed by atoms with Gasteiger partial charge < -0.3 is 4.98 Å². The summed E-state index contributed by atoms with van der Waals surface area (Å²) >= 11 is 0. The predicted octanol–water partition coefficient (Wildman–Crippen LogP) is 5.06. The molecule has 5 heteroatoms. The van der Waals surface area contributed by atoms with Crippen LogP contribution >= 0.6 is 0 Å². The lowest BCUT2D eigenvalue weighted by Gasteiger charge is -2.34. The van der Waals surface area contributed by atoms with E-state index in [2.05, 4.69) is 52.5 Å². The number of para-hydroxylation sites is 1. The van der Waals surface area contributed by atoms with Crippen molar-refractivity contribution in [1.29, 1.82) is 0 Å². The normalized spacial score (nSPS) is 15.2. The van der Waals surface area contributed by atoms with E-state index in [-0.39, 0.29) is 0 Å². The minimum Gasteiger partial charge on any atom is -0.361 e. The highest BCUT2D eigenvalue weighted by Crippen LogP contribution is 2.26. The second-order valence-corrected chi connectivity index (χ2v) is 8.42. The van der Waals surface area contributed by atoms with Gasteiger partial charge in [-0.15, -0.1) is 0 Å². The first-order valence-electron chi connectivity index (χ1n) is 11.2. The molecular formula is C26H31N3O2. The molecule has 1 fully saturated rings. The molecule has 3 aromatic rings. The summed E-state index contributed by atoms with van der Waals surface area (Å²) in [6, 6.07) is 17.5. The van der Waals surface area contributed by atoms with Gasteiger partial charge in [-0.05, 0) is 48.1 Å². The third kappa shape index (κ3) is 5.63. The molecule has 1 aliphatic carbocycles. The molecule has 0 spiro atoms. The standard InChI is InChI=1S/C26H31N3O2/c30-26(28-31)15-14-20-10-12-21(13-11-20)19-29(23-6-2-1-3-7-23)17-16-22-18-27-25-9-5-4-8-24(22)25/h4-5,8-15,18,23,27,31H,1-3,6-7,16-17,19H2,(H,28,30)/b15-14+. The van der Waals surface area contributed by atoms with Crippen molar-refractivity contribution in [1.82, 2.24) is 15.4 Å². The molecule has 31 heavy (non-hydrogen) atoms. The lowest BCUT2D eigenvalue weighted by atomic mass is 9.93. The number of rotatable bonds is 8. The molecule has 1 amide bonds. The summed E-state index contributed by atoms with van der Waals surface area (Å²) in [5.41, 5.74) is 6.43. The average Bonchev–Trinajstić information content (AvgIpc) is 3.24. The van der Waals surface area contributed by atoms with Crippen LogP contribution in [0.15, 0.2) is 60.8 Å². The molecule has 162 valence electrons. The lowest BCUT2D eigenvalue weighted by Crippen LogP contribution is -2.37. The van der Waals surface area contributed by atoms with Crippen molar-refractivity contribution >= 4 is 22.9 Å². The van der Waals surface area contributed by atoms with Gasteiger partial charge in [0.1, 0.15) is 0 Å². The van der Waals surface area contributed by atoms with E-state index < -0.39 is 5.91 Å². The van der Waals surface area contributed by atoms with E-state index in [0.717, 1.165) is 25.1 Å². The molecule has 4 rings (SSSR count). The Morgan fingerprint density at radius 3 is 2.65 bits per heavy atom. The van der Waals surface area contributed by atoms with Crippen LogP contribution in [0.4, 0.5) is 0 Å². The van der Waals surface area contributed by atoms with E-state index in [9.17, 15) is 4.79 Å². The SMILES string of the molecule is O=C(/C=C/c1ccc(CN(CCc2c[nH]c3ccccc23)C2CCCCC2)cc1)NO. The van der Waals surface area contributed by atoms with Gasteiger partial charge in [0.2, 0.25) is 0 Å². The van der Waals surface area contributed by atoms with Crippen LogP contribution in [-0.4, -0.2) is 33.6 Å². The van der Waals surface area contributed by atoms with Gasteiger partial charge in [-0.2, -0.15) is 0 Å². The quantitative estimate of drug-likeness (QED) is 0.272. The number of amides is 1. The third-order valence-electron chi connectivity index (χ3n) is 6.34. The Balaban J connectivity index is 1.45. The summed E-state index contributed by atoms with van der Waals surface area (Å²) in [7, 11) is 0. The zero-order chi connectivity index (χ0) is 21.5. The fraction of sp³-hybridized carbons (Fsp3) is 0.346. The van der Waals surface area contributed by atoms with Crippen LogP contribution in [0.3, 0.4) is 0 Å². The Morgan fingerprint density at radius 2 is 1.87 bits per heavy atom. The smallest absolute Gasteiger partial charge is 0.267 e. The first-order valence-corrected chi connectivity index (χ1v) is 11.2. The third-order valence-corrected chi connectivity index (χ3v) is 6.34. The number of fused-ring (bicyclic) bond motifs is 1. The highest BCUT2D eigenvalue weighted by Gasteiger charge is 2.21. The molecule has 0 atom stereocenters. The van der Waals surface area contributed by atoms with Crippen molar-refractivity contribution in [2.24, 2.45) is 0 Å². The van der Waals surface area contributed by atoms with Crippen LogP contribution in [0, 0.1) is 0 Å². The van der Waals surface area contributed by atoms with Gasteiger partial charge in [0.25, 0.3) is 5.91 Å². The Labute approximate surface area is 183 Å². The number of nitrogens with zero attached hydrogens (tertiary/aromatic N) is 1. The number of hydrogen-bond acceptors (Lipinski definition) is 3. The highest BCUT2D eigenvalue weighted by molar-refractivity contribution is 5.90. The molecule has 0 bridgehead atoms. The van der Waals surface area contributed by atoms with Gasteiger partial charge in [0, 0.05) is 42.3 Å². The molecule has 1 saturated carbocycles. The average molecular weight is 418 g/mol. The van der Waals surface area contributed by atoms with Crippen molar-refractivity contribution in [2.75, 3.05) is 6.54 Å². The molecule has 0 aliphatic heterocycles. The van der Waals surface area contributed by atoms with Gasteiger partial charge in [0.15, 0.2) is 0 Å². The second-order valence-electron chi connectivity index (χ2n) is 8.42. The minimum atomic E-state index is -0.523. The number of H-pyrrole nitrogens is 1. The molecule has 0 radical (unpaired) electrons. The van der Waals surface area contributed by atoms with Gasteiger partial charge in [0.05, 0.1) is 0 Å². The van der Waals surface area contributed by atoms with E-state index in [1.54, 1.807) is 11.6 Å². The number of aromatic amines is 1. The molecule has 1 heterocycles. The predicted molar refractivity (Wildman–Crippen MR) is 125 cm³/mol. The summed E-state index contributed by atoms with van der Waals surface area (Å²) in [6.45, 7) is 1.99. The maximum Gasteiger partial charge on any atom is 0.267 e.